The molecule has 0 aliphatic heterocycles. The molecule has 2 N–H and O–H groups in total. The van der Waals surface area contributed by atoms with E-state index in [1.165, 1.54) is 18.4 Å². The second-order valence-electron chi connectivity index (χ2n) is 6.57. The Morgan fingerprint density at radius 2 is 2.00 bits per heavy atom. The lowest BCUT2D eigenvalue weighted by Crippen LogP contribution is -2.43. The van der Waals surface area contributed by atoms with Gasteiger partial charge in [-0.15, -0.1) is 0 Å². The number of amides is 2. The fourth-order valence-electron chi connectivity index (χ4n) is 1.98. The van der Waals surface area contributed by atoms with Gasteiger partial charge in [-0.05, 0) is 57.2 Å². The average molecular weight is 421 g/mol. The maximum absolute atomic E-state index is 11.8. The summed E-state index contributed by atoms with van der Waals surface area (Å²) in [5.74, 6) is 0.137. The summed E-state index contributed by atoms with van der Waals surface area (Å²) in [6, 6.07) is 9.15. The minimum absolute atomic E-state index is 0.0197. The zero-order valence-corrected chi connectivity index (χ0v) is 16.4. The van der Waals surface area contributed by atoms with Gasteiger partial charge in [0.15, 0.2) is 6.61 Å². The monoisotopic (exact) mass is 420 g/mol. The van der Waals surface area contributed by atoms with E-state index in [9.17, 15) is 9.59 Å². The summed E-state index contributed by atoms with van der Waals surface area (Å²) in [4.78, 5) is 23.4. The Labute approximate surface area is 160 Å². The molecule has 2 amide bonds. The Bertz CT molecular complexity index is 792. The largest absolute Gasteiger partial charge is 0.483 e. The van der Waals surface area contributed by atoms with Crippen LogP contribution in [0.2, 0.25) is 0 Å². The second-order valence-corrected chi connectivity index (χ2v) is 7.42. The maximum Gasteiger partial charge on any atom is 0.276 e. The molecule has 0 fully saturated rings. The van der Waals surface area contributed by atoms with Crippen molar-refractivity contribution in [1.29, 1.82) is 0 Å². The fraction of sp³-hybridized carbons (Fsp3) is 0.263. The summed E-state index contributed by atoms with van der Waals surface area (Å²) in [7, 11) is 0. The molecule has 0 aliphatic rings. The van der Waals surface area contributed by atoms with Gasteiger partial charge < -0.3 is 9.15 Å². The normalized spacial score (nSPS) is 11.4. The Kier molecular flexibility index (Phi) is 6.63. The van der Waals surface area contributed by atoms with E-state index < -0.39 is 11.8 Å². The first-order valence-corrected chi connectivity index (χ1v) is 8.78. The maximum atomic E-state index is 11.8. The lowest BCUT2D eigenvalue weighted by molar-refractivity contribution is -0.128. The Morgan fingerprint density at radius 1 is 1.23 bits per heavy atom. The Balaban J connectivity index is 1.79. The van der Waals surface area contributed by atoms with E-state index in [0.717, 1.165) is 10.0 Å². The Morgan fingerprint density at radius 3 is 2.62 bits per heavy atom. The molecule has 138 valence electrons. The van der Waals surface area contributed by atoms with E-state index in [4.69, 9.17) is 9.15 Å². The molecule has 0 unspecified atom stereocenters. The quantitative estimate of drug-likeness (QED) is 0.572. The van der Waals surface area contributed by atoms with E-state index in [2.05, 4.69) is 47.6 Å². The first-order valence-electron chi connectivity index (χ1n) is 7.99. The van der Waals surface area contributed by atoms with Gasteiger partial charge in [0.25, 0.3) is 11.8 Å². The van der Waals surface area contributed by atoms with Crippen molar-refractivity contribution in [2.75, 3.05) is 6.61 Å². The van der Waals surface area contributed by atoms with Gasteiger partial charge in [0.2, 0.25) is 0 Å². The van der Waals surface area contributed by atoms with Crippen molar-refractivity contribution in [3.63, 3.8) is 0 Å². The van der Waals surface area contributed by atoms with Crippen LogP contribution in [0.5, 0.6) is 5.75 Å². The number of hydrazine groups is 1. The van der Waals surface area contributed by atoms with Crippen LogP contribution in [0, 0.1) is 0 Å². The van der Waals surface area contributed by atoms with Crippen LogP contribution in [-0.2, 0) is 15.0 Å². The molecular weight excluding hydrogens is 400 g/mol. The highest BCUT2D eigenvalue weighted by Gasteiger charge is 2.15. The van der Waals surface area contributed by atoms with Gasteiger partial charge in [0, 0.05) is 6.08 Å². The number of benzene rings is 1. The van der Waals surface area contributed by atoms with E-state index in [-0.39, 0.29) is 12.0 Å². The number of furan rings is 1. The van der Waals surface area contributed by atoms with Gasteiger partial charge in [-0.25, -0.2) is 0 Å². The molecule has 0 atom stereocenters. The summed E-state index contributed by atoms with van der Waals surface area (Å²) in [6.07, 6.45) is 4.25. The lowest BCUT2D eigenvalue weighted by atomic mass is 9.87. The average Bonchev–Trinajstić information content (AvgIpc) is 3.09. The molecule has 2 rings (SSSR count). The zero-order chi connectivity index (χ0) is 19.2. The van der Waals surface area contributed by atoms with Crippen LogP contribution >= 0.6 is 15.9 Å². The van der Waals surface area contributed by atoms with Gasteiger partial charge in [0.1, 0.15) is 11.5 Å². The summed E-state index contributed by atoms with van der Waals surface area (Å²) in [5, 5.41) is 0. The molecule has 0 bridgehead atoms. The molecule has 0 spiro atoms. The van der Waals surface area contributed by atoms with E-state index in [1.807, 2.05) is 18.2 Å². The fourth-order valence-corrected chi connectivity index (χ4v) is 2.47. The van der Waals surface area contributed by atoms with Gasteiger partial charge >= 0.3 is 0 Å². The van der Waals surface area contributed by atoms with E-state index in [1.54, 1.807) is 12.1 Å². The minimum Gasteiger partial charge on any atom is -0.483 e. The van der Waals surface area contributed by atoms with Crippen LogP contribution in [0.25, 0.3) is 6.08 Å². The molecule has 2 aromatic rings. The minimum atomic E-state index is -0.481. The molecule has 7 heteroatoms. The molecule has 1 aromatic carbocycles. The summed E-state index contributed by atoms with van der Waals surface area (Å²) in [6.45, 7) is 6.12. The number of hydrogen-bond acceptors (Lipinski definition) is 4. The molecule has 26 heavy (non-hydrogen) atoms. The summed E-state index contributed by atoms with van der Waals surface area (Å²) >= 11 is 3.45. The number of carbonyl (C=O) groups is 2. The number of rotatable bonds is 5. The van der Waals surface area contributed by atoms with E-state index >= 15 is 0 Å². The first kappa shape index (κ1) is 19.8. The number of nitrogens with one attached hydrogen (secondary N) is 2. The molecule has 0 saturated heterocycles. The number of ether oxygens (including phenoxy) is 1. The topological polar surface area (TPSA) is 80.6 Å². The van der Waals surface area contributed by atoms with Crippen molar-refractivity contribution in [3.8, 4) is 5.75 Å². The van der Waals surface area contributed by atoms with Gasteiger partial charge in [-0.1, -0.05) is 26.8 Å². The highest BCUT2D eigenvalue weighted by Crippen LogP contribution is 2.31. The van der Waals surface area contributed by atoms with Gasteiger partial charge in [-0.2, -0.15) is 0 Å². The highest BCUT2D eigenvalue weighted by atomic mass is 79.9. The van der Waals surface area contributed by atoms with Gasteiger partial charge in [0.05, 0.1) is 10.7 Å². The van der Waals surface area contributed by atoms with Crippen LogP contribution in [0.1, 0.15) is 32.1 Å². The first-order chi connectivity index (χ1) is 12.3. The van der Waals surface area contributed by atoms with Crippen LogP contribution in [0.15, 0.2) is 51.6 Å². The van der Waals surface area contributed by atoms with Crippen molar-refractivity contribution in [3.05, 3.63) is 58.5 Å². The highest BCUT2D eigenvalue weighted by molar-refractivity contribution is 9.10. The third kappa shape index (κ3) is 6.07. The van der Waals surface area contributed by atoms with Gasteiger partial charge in [-0.3, -0.25) is 20.4 Å². The third-order valence-electron chi connectivity index (χ3n) is 3.42. The predicted octanol–water partition coefficient (Wildman–Crippen LogP) is 3.58. The standard InChI is InChI=1S/C19H21BrN2O4/c1-19(2,3)13-6-8-16(15(20)11-13)26-12-18(24)22-21-17(23)9-7-14-5-4-10-25-14/h4-11H,12H2,1-3H3,(H,21,23)(H,22,24). The number of halogens is 1. The van der Waals surface area contributed by atoms with E-state index in [0.29, 0.717) is 11.5 Å². The predicted molar refractivity (Wildman–Crippen MR) is 102 cm³/mol. The summed E-state index contributed by atoms with van der Waals surface area (Å²) < 4.78 is 11.3. The van der Waals surface area contributed by atoms with Crippen molar-refractivity contribution < 1.29 is 18.7 Å². The number of hydrogen-bond donors (Lipinski definition) is 2. The van der Waals surface area contributed by atoms with Crippen LogP contribution in [0.4, 0.5) is 0 Å². The van der Waals surface area contributed by atoms with Crippen molar-refractivity contribution in [2.24, 2.45) is 0 Å². The Hall–Kier alpha value is -2.54. The van der Waals surface area contributed by atoms with Crippen LogP contribution in [0.3, 0.4) is 0 Å². The lowest BCUT2D eigenvalue weighted by Gasteiger charge is -2.20. The van der Waals surface area contributed by atoms with Crippen molar-refractivity contribution >= 4 is 33.8 Å². The molecule has 1 aromatic heterocycles. The molecular formula is C19H21BrN2O4. The van der Waals surface area contributed by atoms with Crippen molar-refractivity contribution in [1.82, 2.24) is 10.9 Å². The smallest absolute Gasteiger partial charge is 0.276 e. The SMILES string of the molecule is CC(C)(C)c1ccc(OCC(=O)NNC(=O)C=Cc2ccco2)c(Br)c1. The molecule has 0 saturated carbocycles. The number of carbonyl (C=O) groups excluding carboxylic acids is 2. The summed E-state index contributed by atoms with van der Waals surface area (Å²) in [5.41, 5.74) is 5.71. The van der Waals surface area contributed by atoms with Crippen LogP contribution < -0.4 is 15.6 Å². The molecule has 0 aliphatic carbocycles. The van der Waals surface area contributed by atoms with Crippen LogP contribution in [-0.4, -0.2) is 18.4 Å². The third-order valence-corrected chi connectivity index (χ3v) is 4.04. The molecule has 0 radical (unpaired) electrons. The van der Waals surface area contributed by atoms with Crippen molar-refractivity contribution in [2.45, 2.75) is 26.2 Å². The molecule has 6 nitrogen and oxygen atoms in total. The second kappa shape index (κ2) is 8.71. The molecule has 1 heterocycles. The zero-order valence-electron chi connectivity index (χ0n) is 14.8.